The number of hydrogen-bond acceptors (Lipinski definition) is 1. The van der Waals surface area contributed by atoms with Gasteiger partial charge in [-0.05, 0) is 118 Å². The number of anilines is 3. The second-order valence-electron chi connectivity index (χ2n) is 14.9. The van der Waals surface area contributed by atoms with Crippen LogP contribution in [0.25, 0.3) is 87.2 Å². The Balaban J connectivity index is 1.15. The van der Waals surface area contributed by atoms with E-state index in [1.807, 2.05) is 0 Å². The smallest absolute Gasteiger partial charge is 0.0540 e. The van der Waals surface area contributed by atoms with Crippen molar-refractivity contribution in [3.63, 3.8) is 0 Å². The van der Waals surface area contributed by atoms with Crippen LogP contribution in [0, 0.1) is 0 Å². The van der Waals surface area contributed by atoms with Gasteiger partial charge in [-0.2, -0.15) is 0 Å². The molecule has 0 N–H and O–H groups in total. The minimum absolute atomic E-state index is 1.11. The van der Waals surface area contributed by atoms with Crippen LogP contribution in [0.2, 0.25) is 0 Å². The van der Waals surface area contributed by atoms with E-state index in [4.69, 9.17) is 0 Å². The minimum atomic E-state index is 1.11. The highest BCUT2D eigenvalue weighted by molar-refractivity contribution is 6.22. The molecule has 0 unspecified atom stereocenters. The fourth-order valence-corrected chi connectivity index (χ4v) is 8.97. The van der Waals surface area contributed by atoms with Crippen LogP contribution in [-0.2, 0) is 0 Å². The molecule has 0 aliphatic heterocycles. The van der Waals surface area contributed by atoms with Crippen LogP contribution in [0.1, 0.15) is 0 Å². The van der Waals surface area contributed by atoms with E-state index in [2.05, 4.69) is 229 Å². The summed E-state index contributed by atoms with van der Waals surface area (Å²) in [5.41, 5.74) is 10.7. The lowest BCUT2D eigenvalue weighted by Crippen LogP contribution is -2.10. The summed E-state index contributed by atoms with van der Waals surface area (Å²) in [6.07, 6.45) is 0. The summed E-state index contributed by atoms with van der Waals surface area (Å²) in [4.78, 5) is 2.44. The normalized spacial score (nSPS) is 11.5. The Morgan fingerprint density at radius 1 is 0.228 bits per heavy atom. The lowest BCUT2D eigenvalue weighted by atomic mass is 9.84. The van der Waals surface area contributed by atoms with E-state index in [0.717, 1.165) is 17.1 Å². The third kappa shape index (κ3) is 5.63. The third-order valence-corrected chi connectivity index (χ3v) is 11.6. The van der Waals surface area contributed by atoms with Crippen LogP contribution in [0.3, 0.4) is 0 Å². The zero-order valence-corrected chi connectivity index (χ0v) is 31.3. The van der Waals surface area contributed by atoms with E-state index in [1.54, 1.807) is 0 Å². The summed E-state index contributed by atoms with van der Waals surface area (Å²) in [5, 5.41) is 12.4. The van der Waals surface area contributed by atoms with Crippen molar-refractivity contribution < 1.29 is 0 Å². The lowest BCUT2D eigenvalue weighted by Gasteiger charge is -2.28. The molecule has 0 atom stereocenters. The number of benzene rings is 11. The van der Waals surface area contributed by atoms with Gasteiger partial charge in [-0.3, -0.25) is 0 Å². The lowest BCUT2D eigenvalue weighted by molar-refractivity contribution is 1.30. The molecule has 0 heterocycles. The molecule has 0 saturated carbocycles. The minimum Gasteiger partial charge on any atom is -0.310 e. The SMILES string of the molecule is c1ccc(-c2c(-c3ccccc3)c3cc(-c4cccc(N(c5ccc6ccccc6c5)c5cccc6c5ccc5ccccc56)c4)ccc3c3ccccc23)cc1. The van der Waals surface area contributed by atoms with Crippen molar-refractivity contribution in [1.82, 2.24) is 0 Å². The molecule has 11 rings (SSSR count). The molecule has 0 radical (unpaired) electrons. The van der Waals surface area contributed by atoms with Crippen LogP contribution in [-0.4, -0.2) is 0 Å². The summed E-state index contributed by atoms with van der Waals surface area (Å²) in [7, 11) is 0. The summed E-state index contributed by atoms with van der Waals surface area (Å²) in [6, 6.07) is 82.1. The van der Waals surface area contributed by atoms with Crippen molar-refractivity contribution >= 4 is 70.9 Å². The summed E-state index contributed by atoms with van der Waals surface area (Å²) in [5.74, 6) is 0. The standard InChI is InChI=1S/C56H37N/c1-3-17-40(18-4-1)55-52-26-12-11-25-49(52)50-33-31-44(37-53(50)56(55)41-19-5-2-6-20-41)43-22-13-23-45(36-43)57(46-32-29-38-15-7-8-21-42(38)35-46)54-28-14-27-48-47-24-10-9-16-39(47)30-34-51(48)54/h1-37H. The van der Waals surface area contributed by atoms with Crippen molar-refractivity contribution in [2.45, 2.75) is 0 Å². The van der Waals surface area contributed by atoms with Gasteiger partial charge >= 0.3 is 0 Å². The Labute approximate surface area is 332 Å². The average Bonchev–Trinajstić information content (AvgIpc) is 3.29. The quantitative estimate of drug-likeness (QED) is 0.154. The number of nitrogens with zero attached hydrogens (tertiary/aromatic N) is 1. The molecule has 0 aliphatic carbocycles. The van der Waals surface area contributed by atoms with Gasteiger partial charge in [0.25, 0.3) is 0 Å². The van der Waals surface area contributed by atoms with Gasteiger partial charge in [0.1, 0.15) is 0 Å². The molecule has 0 spiro atoms. The second kappa shape index (κ2) is 13.7. The molecule has 11 aromatic rings. The third-order valence-electron chi connectivity index (χ3n) is 11.6. The van der Waals surface area contributed by atoms with Gasteiger partial charge in [-0.25, -0.2) is 0 Å². The molecular weight excluding hydrogens is 687 g/mol. The van der Waals surface area contributed by atoms with Crippen molar-refractivity contribution in [3.05, 3.63) is 224 Å². The molecule has 0 aromatic heterocycles. The molecule has 1 heteroatoms. The number of fused-ring (bicyclic) bond motifs is 7. The highest BCUT2D eigenvalue weighted by Crippen LogP contribution is 2.47. The van der Waals surface area contributed by atoms with E-state index in [0.29, 0.717) is 0 Å². The van der Waals surface area contributed by atoms with Crippen LogP contribution >= 0.6 is 0 Å². The average molecular weight is 724 g/mol. The van der Waals surface area contributed by atoms with Gasteiger partial charge in [-0.1, -0.05) is 188 Å². The van der Waals surface area contributed by atoms with Gasteiger partial charge < -0.3 is 4.90 Å². The Kier molecular flexibility index (Phi) is 7.89. The van der Waals surface area contributed by atoms with Crippen molar-refractivity contribution in [1.29, 1.82) is 0 Å². The molecule has 11 aromatic carbocycles. The number of rotatable bonds is 6. The first-order valence-corrected chi connectivity index (χ1v) is 19.7. The molecule has 0 amide bonds. The van der Waals surface area contributed by atoms with E-state index < -0.39 is 0 Å². The largest absolute Gasteiger partial charge is 0.310 e. The van der Waals surface area contributed by atoms with Crippen molar-refractivity contribution in [3.8, 4) is 33.4 Å². The zero-order chi connectivity index (χ0) is 37.7. The Morgan fingerprint density at radius 2 is 0.737 bits per heavy atom. The topological polar surface area (TPSA) is 3.24 Å². The summed E-state index contributed by atoms with van der Waals surface area (Å²) >= 11 is 0. The first-order chi connectivity index (χ1) is 28.3. The predicted octanol–water partition coefficient (Wildman–Crippen LogP) is 15.9. The van der Waals surface area contributed by atoms with Crippen LogP contribution in [0.4, 0.5) is 17.1 Å². The van der Waals surface area contributed by atoms with Gasteiger partial charge in [-0.15, -0.1) is 0 Å². The van der Waals surface area contributed by atoms with Crippen molar-refractivity contribution in [2.75, 3.05) is 4.90 Å². The number of hydrogen-bond donors (Lipinski definition) is 0. The van der Waals surface area contributed by atoms with E-state index >= 15 is 0 Å². The first-order valence-electron chi connectivity index (χ1n) is 19.7. The second-order valence-corrected chi connectivity index (χ2v) is 14.9. The highest BCUT2D eigenvalue weighted by atomic mass is 15.1. The fourth-order valence-electron chi connectivity index (χ4n) is 8.97. The van der Waals surface area contributed by atoms with Gasteiger partial charge in [0, 0.05) is 16.8 Å². The zero-order valence-electron chi connectivity index (χ0n) is 31.3. The molecule has 1 nitrogen and oxygen atoms in total. The van der Waals surface area contributed by atoms with Gasteiger partial charge in [0.15, 0.2) is 0 Å². The van der Waals surface area contributed by atoms with Gasteiger partial charge in [0.2, 0.25) is 0 Å². The molecule has 266 valence electrons. The maximum Gasteiger partial charge on any atom is 0.0540 e. The monoisotopic (exact) mass is 723 g/mol. The van der Waals surface area contributed by atoms with Crippen molar-refractivity contribution in [2.24, 2.45) is 0 Å². The molecular formula is C56H37N. The van der Waals surface area contributed by atoms with Crippen LogP contribution in [0.5, 0.6) is 0 Å². The highest BCUT2D eigenvalue weighted by Gasteiger charge is 2.20. The molecule has 57 heavy (non-hydrogen) atoms. The summed E-state index contributed by atoms with van der Waals surface area (Å²) in [6.45, 7) is 0. The predicted molar refractivity (Wildman–Crippen MR) is 245 cm³/mol. The van der Waals surface area contributed by atoms with E-state index in [1.165, 1.54) is 87.2 Å². The molecule has 0 fully saturated rings. The van der Waals surface area contributed by atoms with Crippen LogP contribution in [0.15, 0.2) is 224 Å². The Morgan fingerprint density at radius 3 is 1.53 bits per heavy atom. The Bertz CT molecular complexity index is 3290. The fraction of sp³-hybridized carbons (Fsp3) is 0. The summed E-state index contributed by atoms with van der Waals surface area (Å²) < 4.78 is 0. The maximum atomic E-state index is 2.44. The maximum absolute atomic E-state index is 2.44. The van der Waals surface area contributed by atoms with Gasteiger partial charge in [0.05, 0.1) is 5.69 Å². The molecule has 0 aliphatic rings. The molecule has 0 saturated heterocycles. The first kappa shape index (κ1) is 32.9. The Hall–Kier alpha value is -7.48. The van der Waals surface area contributed by atoms with E-state index in [9.17, 15) is 0 Å². The molecule has 0 bridgehead atoms. The van der Waals surface area contributed by atoms with Crippen LogP contribution < -0.4 is 4.90 Å². The van der Waals surface area contributed by atoms with E-state index in [-0.39, 0.29) is 0 Å².